The monoisotopic (exact) mass is 329 g/mol. The third-order valence-electron chi connectivity index (χ3n) is 4.52. The molecule has 126 valence electrons. The molecule has 0 aliphatic carbocycles. The van der Waals surface area contributed by atoms with Gasteiger partial charge in [-0.25, -0.2) is 8.78 Å². The van der Waals surface area contributed by atoms with Crippen molar-refractivity contribution in [3.63, 3.8) is 0 Å². The zero-order chi connectivity index (χ0) is 17.3. The molecule has 0 fully saturated rings. The van der Waals surface area contributed by atoms with Crippen LogP contribution in [0.5, 0.6) is 0 Å². The second-order valence-corrected chi connectivity index (χ2v) is 6.17. The lowest BCUT2D eigenvalue weighted by atomic mass is 10.1. The van der Waals surface area contributed by atoms with Crippen LogP contribution in [0.25, 0.3) is 10.9 Å². The molecule has 2 N–H and O–H groups in total. The number of aromatic nitrogens is 2. The standard InChI is InChI=1S/C19H21F2N3/c1-11-12(2)24-17-6-4-14(8-16(11)17)9-22-13(3)15-5-7-18(19(20)21)23-10-15/h4-8,10,13,19,22,24H,9H2,1-3H3. The summed E-state index contributed by atoms with van der Waals surface area (Å²) in [5.41, 5.74) is 5.51. The molecule has 2 aromatic heterocycles. The summed E-state index contributed by atoms with van der Waals surface area (Å²) in [7, 11) is 0. The quantitative estimate of drug-likeness (QED) is 0.694. The van der Waals surface area contributed by atoms with Gasteiger partial charge >= 0.3 is 0 Å². The number of nitrogens with one attached hydrogen (secondary N) is 2. The van der Waals surface area contributed by atoms with Gasteiger partial charge in [0.2, 0.25) is 0 Å². The zero-order valence-electron chi connectivity index (χ0n) is 14.0. The molecule has 0 saturated carbocycles. The number of rotatable bonds is 5. The van der Waals surface area contributed by atoms with Crippen molar-refractivity contribution in [2.75, 3.05) is 0 Å². The number of alkyl halides is 2. The number of H-pyrrole nitrogens is 1. The number of halogens is 2. The van der Waals surface area contributed by atoms with Crippen LogP contribution in [-0.4, -0.2) is 9.97 Å². The minimum Gasteiger partial charge on any atom is -0.358 e. The van der Waals surface area contributed by atoms with Gasteiger partial charge in [0.15, 0.2) is 0 Å². The fourth-order valence-electron chi connectivity index (χ4n) is 2.81. The molecule has 3 aromatic rings. The van der Waals surface area contributed by atoms with Crippen LogP contribution in [0.15, 0.2) is 36.5 Å². The van der Waals surface area contributed by atoms with E-state index in [2.05, 4.69) is 47.3 Å². The number of aromatic amines is 1. The predicted octanol–water partition coefficient (Wildman–Crippen LogP) is 4.97. The highest BCUT2D eigenvalue weighted by atomic mass is 19.3. The van der Waals surface area contributed by atoms with E-state index in [1.165, 1.54) is 34.5 Å². The normalized spacial score (nSPS) is 12.9. The lowest BCUT2D eigenvalue weighted by molar-refractivity contribution is 0.146. The maximum Gasteiger partial charge on any atom is 0.280 e. The molecule has 0 aliphatic rings. The molecular weight excluding hydrogens is 308 g/mol. The summed E-state index contributed by atoms with van der Waals surface area (Å²) in [5, 5.41) is 4.66. The van der Waals surface area contributed by atoms with Crippen LogP contribution in [0.2, 0.25) is 0 Å². The summed E-state index contributed by atoms with van der Waals surface area (Å²) in [4.78, 5) is 7.18. The molecule has 2 heterocycles. The molecule has 0 saturated heterocycles. The van der Waals surface area contributed by atoms with Gasteiger partial charge in [0, 0.05) is 35.4 Å². The highest BCUT2D eigenvalue weighted by Gasteiger charge is 2.11. The van der Waals surface area contributed by atoms with Gasteiger partial charge in [-0.3, -0.25) is 4.98 Å². The Morgan fingerprint density at radius 3 is 2.62 bits per heavy atom. The molecule has 1 aromatic carbocycles. The molecule has 0 radical (unpaired) electrons. The Labute approximate surface area is 140 Å². The molecule has 24 heavy (non-hydrogen) atoms. The third kappa shape index (κ3) is 3.31. The maximum atomic E-state index is 12.6. The highest BCUT2D eigenvalue weighted by molar-refractivity contribution is 5.84. The molecule has 3 rings (SSSR count). The van der Waals surface area contributed by atoms with Crippen molar-refractivity contribution in [1.29, 1.82) is 0 Å². The number of aryl methyl sites for hydroxylation is 2. The van der Waals surface area contributed by atoms with E-state index in [1.807, 2.05) is 6.92 Å². The summed E-state index contributed by atoms with van der Waals surface area (Å²) in [5.74, 6) is 0. The second-order valence-electron chi connectivity index (χ2n) is 6.17. The Balaban J connectivity index is 1.69. The van der Waals surface area contributed by atoms with E-state index >= 15 is 0 Å². The Bertz CT molecular complexity index is 838. The average Bonchev–Trinajstić information content (AvgIpc) is 2.87. The van der Waals surface area contributed by atoms with Gasteiger partial charge in [-0.05, 0) is 55.7 Å². The van der Waals surface area contributed by atoms with Crippen LogP contribution in [0, 0.1) is 13.8 Å². The van der Waals surface area contributed by atoms with Gasteiger partial charge in [-0.2, -0.15) is 0 Å². The van der Waals surface area contributed by atoms with Crippen LogP contribution in [-0.2, 0) is 6.54 Å². The van der Waals surface area contributed by atoms with E-state index < -0.39 is 6.43 Å². The number of benzene rings is 1. The van der Waals surface area contributed by atoms with Crippen molar-refractivity contribution in [1.82, 2.24) is 15.3 Å². The van der Waals surface area contributed by atoms with Gasteiger partial charge in [0.25, 0.3) is 6.43 Å². The van der Waals surface area contributed by atoms with E-state index in [0.717, 1.165) is 11.1 Å². The molecule has 0 spiro atoms. The maximum absolute atomic E-state index is 12.6. The number of pyridine rings is 1. The van der Waals surface area contributed by atoms with Gasteiger partial charge in [0.05, 0.1) is 0 Å². The van der Waals surface area contributed by atoms with Crippen LogP contribution >= 0.6 is 0 Å². The summed E-state index contributed by atoms with van der Waals surface area (Å²) in [6, 6.07) is 9.50. The fraction of sp³-hybridized carbons (Fsp3) is 0.316. The molecule has 0 bridgehead atoms. The molecule has 5 heteroatoms. The van der Waals surface area contributed by atoms with E-state index in [9.17, 15) is 8.78 Å². The first-order valence-electron chi connectivity index (χ1n) is 8.01. The van der Waals surface area contributed by atoms with E-state index in [4.69, 9.17) is 0 Å². The largest absolute Gasteiger partial charge is 0.358 e. The molecule has 0 aliphatic heterocycles. The molecule has 1 unspecified atom stereocenters. The van der Waals surface area contributed by atoms with Crippen molar-refractivity contribution in [3.05, 3.63) is 64.6 Å². The van der Waals surface area contributed by atoms with Crippen LogP contribution in [0.4, 0.5) is 8.78 Å². The minimum absolute atomic E-state index is 0.0361. The Kier molecular flexibility index (Phi) is 4.62. The Morgan fingerprint density at radius 2 is 1.96 bits per heavy atom. The Hall–Kier alpha value is -2.27. The number of fused-ring (bicyclic) bond motifs is 1. The summed E-state index contributed by atoms with van der Waals surface area (Å²) in [6.45, 7) is 6.90. The van der Waals surface area contributed by atoms with Crippen molar-refractivity contribution >= 4 is 10.9 Å². The zero-order valence-corrected chi connectivity index (χ0v) is 14.0. The van der Waals surface area contributed by atoms with Crippen molar-refractivity contribution in [3.8, 4) is 0 Å². The lowest BCUT2D eigenvalue weighted by Gasteiger charge is -2.14. The number of hydrogen-bond acceptors (Lipinski definition) is 2. The van der Waals surface area contributed by atoms with Gasteiger partial charge in [-0.15, -0.1) is 0 Å². The first-order valence-corrected chi connectivity index (χ1v) is 8.01. The topological polar surface area (TPSA) is 40.7 Å². The summed E-state index contributed by atoms with van der Waals surface area (Å²) < 4.78 is 25.1. The summed E-state index contributed by atoms with van der Waals surface area (Å²) in [6.07, 6.45) is -1.01. The Morgan fingerprint density at radius 1 is 1.17 bits per heavy atom. The first kappa shape index (κ1) is 16.6. The van der Waals surface area contributed by atoms with Crippen LogP contribution in [0.3, 0.4) is 0 Å². The summed E-state index contributed by atoms with van der Waals surface area (Å²) >= 11 is 0. The van der Waals surface area contributed by atoms with E-state index in [1.54, 1.807) is 6.07 Å². The van der Waals surface area contributed by atoms with Crippen molar-refractivity contribution in [2.24, 2.45) is 0 Å². The van der Waals surface area contributed by atoms with Crippen LogP contribution in [0.1, 0.15) is 47.5 Å². The number of nitrogens with zero attached hydrogens (tertiary/aromatic N) is 1. The third-order valence-corrected chi connectivity index (χ3v) is 4.52. The SMILES string of the molecule is Cc1[nH]c2ccc(CNC(C)c3ccc(C(F)F)nc3)cc2c1C. The van der Waals surface area contributed by atoms with Gasteiger partial charge in [-0.1, -0.05) is 12.1 Å². The predicted molar refractivity (Wildman–Crippen MR) is 92.2 cm³/mol. The second kappa shape index (κ2) is 6.69. The van der Waals surface area contributed by atoms with E-state index in [-0.39, 0.29) is 11.7 Å². The molecule has 1 atom stereocenters. The molecular formula is C19H21F2N3. The number of hydrogen-bond donors (Lipinski definition) is 2. The van der Waals surface area contributed by atoms with Gasteiger partial charge < -0.3 is 10.3 Å². The van der Waals surface area contributed by atoms with Crippen LogP contribution < -0.4 is 5.32 Å². The lowest BCUT2D eigenvalue weighted by Crippen LogP contribution is -2.18. The highest BCUT2D eigenvalue weighted by Crippen LogP contribution is 2.23. The molecule has 0 amide bonds. The van der Waals surface area contributed by atoms with Gasteiger partial charge in [0.1, 0.15) is 5.69 Å². The first-order chi connectivity index (χ1) is 11.5. The van der Waals surface area contributed by atoms with Crippen molar-refractivity contribution < 1.29 is 8.78 Å². The fourth-order valence-corrected chi connectivity index (χ4v) is 2.81. The average molecular weight is 329 g/mol. The van der Waals surface area contributed by atoms with Crippen molar-refractivity contribution in [2.45, 2.75) is 39.8 Å². The van der Waals surface area contributed by atoms with E-state index in [0.29, 0.717) is 6.54 Å². The molecule has 3 nitrogen and oxygen atoms in total. The minimum atomic E-state index is -2.53. The smallest absolute Gasteiger partial charge is 0.280 e.